The number of halogens is 5. The van der Waals surface area contributed by atoms with Crippen LogP contribution in [0.1, 0.15) is 35.4 Å². The number of imide groups is 2. The molecule has 11 nitrogen and oxygen atoms in total. The molecule has 0 unspecified atom stereocenters. The summed E-state index contributed by atoms with van der Waals surface area (Å²) in [5.41, 5.74) is 3.15. The summed E-state index contributed by atoms with van der Waals surface area (Å²) >= 11 is 12.7. The van der Waals surface area contributed by atoms with Gasteiger partial charge in [-0.1, -0.05) is 71.2 Å². The number of amides is 4. The number of aromatic nitrogens is 1. The first-order valence-electron chi connectivity index (χ1n) is 19.2. The molecule has 2 saturated heterocycles. The Hall–Kier alpha value is -6.38. The molecule has 4 aromatic carbocycles. The van der Waals surface area contributed by atoms with Crippen LogP contribution in [0.2, 0.25) is 10.0 Å². The molecule has 2 aliphatic heterocycles. The van der Waals surface area contributed by atoms with Gasteiger partial charge in [-0.2, -0.15) is 18.2 Å². The molecular weight excluding hydrogens is 834 g/mol. The van der Waals surface area contributed by atoms with E-state index in [1.807, 2.05) is 36.4 Å². The SMILES string of the molecule is COc1cc([C@H]2C3=CC[C@@H]4C(=O)N(c5ccc(Nc6ccccc6)cc5)C(=O)[C@@H]4[C@@H]3C[C@H]3C(=O)N(Nc4ncc(C(F)(F)F)cc4Cl)C(=O)[C@@]23c2ccc(Cl)cc2)ccc1O. The summed E-state index contributed by atoms with van der Waals surface area (Å²) in [4.78, 5) is 64.4. The molecule has 6 atom stereocenters. The van der Waals surface area contributed by atoms with Gasteiger partial charge in [-0.25, -0.2) is 4.98 Å². The fourth-order valence-electron chi connectivity index (χ4n) is 9.67. The van der Waals surface area contributed by atoms with Gasteiger partial charge in [0.2, 0.25) is 11.8 Å². The second-order valence-corrected chi connectivity index (χ2v) is 16.2. The molecule has 16 heteroatoms. The van der Waals surface area contributed by atoms with Crippen molar-refractivity contribution in [1.82, 2.24) is 9.99 Å². The van der Waals surface area contributed by atoms with Gasteiger partial charge < -0.3 is 15.2 Å². The monoisotopic (exact) mass is 867 g/mol. The molecule has 1 saturated carbocycles. The highest BCUT2D eigenvalue weighted by Gasteiger charge is 2.70. The van der Waals surface area contributed by atoms with Crippen molar-refractivity contribution in [1.29, 1.82) is 0 Å². The molecule has 61 heavy (non-hydrogen) atoms. The first kappa shape index (κ1) is 40.0. The molecule has 4 amide bonds. The summed E-state index contributed by atoms with van der Waals surface area (Å²) in [5, 5.41) is 14.6. The number of hydrogen-bond donors (Lipinski definition) is 3. The number of fused-ring (bicyclic) bond motifs is 4. The number of phenols is 1. The average molecular weight is 869 g/mol. The van der Waals surface area contributed by atoms with E-state index in [4.69, 9.17) is 27.9 Å². The Kier molecular flexibility index (Phi) is 9.82. The fourth-order valence-corrected chi connectivity index (χ4v) is 10.0. The molecule has 1 aromatic heterocycles. The highest BCUT2D eigenvalue weighted by molar-refractivity contribution is 6.33. The van der Waals surface area contributed by atoms with E-state index in [0.29, 0.717) is 39.7 Å². The molecule has 9 rings (SSSR count). The molecule has 3 heterocycles. The van der Waals surface area contributed by atoms with Gasteiger partial charge in [0, 0.05) is 28.5 Å². The van der Waals surface area contributed by atoms with Gasteiger partial charge in [-0.05, 0) is 96.6 Å². The third-order valence-electron chi connectivity index (χ3n) is 12.3. The van der Waals surface area contributed by atoms with Crippen LogP contribution < -0.4 is 20.4 Å². The van der Waals surface area contributed by atoms with E-state index in [1.54, 1.807) is 60.7 Å². The van der Waals surface area contributed by atoms with Crippen LogP contribution in [-0.2, 0) is 30.8 Å². The predicted molar refractivity (Wildman–Crippen MR) is 220 cm³/mol. The van der Waals surface area contributed by atoms with Gasteiger partial charge in [-0.15, -0.1) is 0 Å². The summed E-state index contributed by atoms with van der Waals surface area (Å²) < 4.78 is 46.2. The summed E-state index contributed by atoms with van der Waals surface area (Å²) in [5.74, 6) is -7.54. The highest BCUT2D eigenvalue weighted by atomic mass is 35.5. The number of aromatic hydroxyl groups is 1. The number of anilines is 4. The van der Waals surface area contributed by atoms with Crippen LogP contribution in [0, 0.1) is 23.7 Å². The second kappa shape index (κ2) is 15.0. The maximum atomic E-state index is 15.4. The van der Waals surface area contributed by atoms with E-state index < -0.39 is 75.4 Å². The number of ether oxygens (including phenoxy) is 1. The van der Waals surface area contributed by atoms with Crippen molar-refractivity contribution >= 4 is 69.7 Å². The Bertz CT molecular complexity index is 2650. The minimum absolute atomic E-state index is 0.0644. The van der Waals surface area contributed by atoms with E-state index in [0.717, 1.165) is 16.4 Å². The van der Waals surface area contributed by atoms with Crippen LogP contribution in [0.5, 0.6) is 11.5 Å². The van der Waals surface area contributed by atoms with Crippen molar-refractivity contribution < 1.29 is 42.2 Å². The molecule has 0 bridgehead atoms. The van der Waals surface area contributed by atoms with Gasteiger partial charge in [0.1, 0.15) is 0 Å². The zero-order valence-electron chi connectivity index (χ0n) is 32.0. The maximum Gasteiger partial charge on any atom is 0.417 e. The van der Waals surface area contributed by atoms with Gasteiger partial charge in [-0.3, -0.25) is 29.5 Å². The van der Waals surface area contributed by atoms with Crippen molar-refractivity contribution in [3.8, 4) is 11.5 Å². The number of carbonyl (C=O) groups is 4. The number of carbonyl (C=O) groups excluding carboxylic acids is 4. The zero-order chi connectivity index (χ0) is 43.0. The lowest BCUT2D eigenvalue weighted by Crippen LogP contribution is -2.53. The number of nitrogens with zero attached hydrogens (tertiary/aromatic N) is 3. The van der Waals surface area contributed by atoms with E-state index in [9.17, 15) is 32.7 Å². The number of allylic oxidation sites excluding steroid dienone is 2. The number of para-hydroxylation sites is 1. The predicted octanol–water partition coefficient (Wildman–Crippen LogP) is 9.05. The number of hydrogen-bond acceptors (Lipinski definition) is 9. The number of benzene rings is 4. The van der Waals surface area contributed by atoms with Gasteiger partial charge >= 0.3 is 6.18 Å². The van der Waals surface area contributed by atoms with Crippen LogP contribution in [0.4, 0.5) is 36.1 Å². The van der Waals surface area contributed by atoms with Crippen molar-refractivity contribution in [2.45, 2.75) is 30.4 Å². The van der Waals surface area contributed by atoms with Crippen LogP contribution in [0.15, 0.2) is 121 Å². The third kappa shape index (κ3) is 6.47. The van der Waals surface area contributed by atoms with Gasteiger partial charge in [0.25, 0.3) is 11.8 Å². The lowest BCUT2D eigenvalue weighted by Gasteiger charge is -2.50. The van der Waals surface area contributed by atoms with E-state index >= 15 is 4.79 Å². The highest BCUT2D eigenvalue weighted by Crippen LogP contribution is 2.64. The summed E-state index contributed by atoms with van der Waals surface area (Å²) in [6, 6.07) is 28.0. The Morgan fingerprint density at radius 2 is 1.56 bits per heavy atom. The standard InChI is InChI=1S/C45H34Cl2F3N5O6/c1-61-36-19-23(7-18-35(36)56)38-30-16-17-31-37(42(59)54(40(31)57)29-14-12-28(13-15-29)52-27-5-3-2-4-6-27)32(30)21-33-41(58)55(43(60)44(33,38)24-8-10-26(46)11-9-24)53-39-34(47)20-25(22-51-39)45(48,49)50/h2-16,18-20,22,31-33,37-38,52,56H,17,21H2,1H3,(H,51,53)/t31-,32+,33-,37-,38-,44+/m0/s1. The largest absolute Gasteiger partial charge is 0.504 e. The maximum absolute atomic E-state index is 15.4. The summed E-state index contributed by atoms with van der Waals surface area (Å²) in [6.45, 7) is 0. The van der Waals surface area contributed by atoms with Crippen LogP contribution in [0.25, 0.3) is 0 Å². The molecule has 3 fully saturated rings. The van der Waals surface area contributed by atoms with Gasteiger partial charge in [0.15, 0.2) is 17.3 Å². The average Bonchev–Trinajstić information content (AvgIpc) is 3.62. The number of methoxy groups -OCH3 is 1. The van der Waals surface area contributed by atoms with Gasteiger partial charge in [0.05, 0.1) is 46.6 Å². The van der Waals surface area contributed by atoms with Crippen molar-refractivity contribution in [3.05, 3.63) is 148 Å². The lowest BCUT2D eigenvalue weighted by atomic mass is 9.49. The Morgan fingerprint density at radius 3 is 2.23 bits per heavy atom. The first-order valence-corrected chi connectivity index (χ1v) is 20.0. The molecule has 5 aromatic rings. The van der Waals surface area contributed by atoms with Crippen LogP contribution >= 0.6 is 23.2 Å². The molecule has 2 aliphatic carbocycles. The van der Waals surface area contributed by atoms with E-state index in [-0.39, 0.29) is 30.2 Å². The number of rotatable bonds is 8. The van der Waals surface area contributed by atoms with E-state index in [1.165, 1.54) is 18.1 Å². The number of hydrazine groups is 1. The Morgan fingerprint density at radius 1 is 0.852 bits per heavy atom. The molecular formula is C45H34Cl2F3N5O6. The number of nitrogens with one attached hydrogen (secondary N) is 2. The van der Waals surface area contributed by atoms with Crippen molar-refractivity contribution in [2.24, 2.45) is 23.7 Å². The molecule has 310 valence electrons. The fraction of sp³-hybridized carbons (Fsp3) is 0.222. The smallest absolute Gasteiger partial charge is 0.417 e. The second-order valence-electron chi connectivity index (χ2n) is 15.4. The van der Waals surface area contributed by atoms with E-state index in [2.05, 4.69) is 15.7 Å². The Labute approximate surface area is 356 Å². The third-order valence-corrected chi connectivity index (χ3v) is 12.8. The zero-order valence-corrected chi connectivity index (χ0v) is 33.5. The van der Waals surface area contributed by atoms with Crippen LogP contribution in [0.3, 0.4) is 0 Å². The number of alkyl halides is 3. The summed E-state index contributed by atoms with van der Waals surface area (Å²) in [6.07, 6.45) is -2.28. The lowest BCUT2D eigenvalue weighted by molar-refractivity contribution is -0.139. The van der Waals surface area contributed by atoms with Crippen LogP contribution in [-0.4, -0.2) is 45.8 Å². The quantitative estimate of drug-likeness (QED) is 0.103. The normalized spacial score (nSPS) is 24.6. The Balaban J connectivity index is 1.16. The van der Waals surface area contributed by atoms with Crippen molar-refractivity contribution in [3.63, 3.8) is 0 Å². The number of pyridine rings is 1. The van der Waals surface area contributed by atoms with Crippen molar-refractivity contribution in [2.75, 3.05) is 22.8 Å². The molecule has 0 spiro atoms. The number of phenolic OH excluding ortho intramolecular Hbond substituents is 1. The summed E-state index contributed by atoms with van der Waals surface area (Å²) in [7, 11) is 1.36. The first-order chi connectivity index (χ1) is 29.2. The minimum Gasteiger partial charge on any atom is -0.504 e. The molecule has 3 N–H and O–H groups in total. The topological polar surface area (TPSA) is 141 Å². The molecule has 4 aliphatic rings. The molecule has 0 radical (unpaired) electrons. The minimum atomic E-state index is -4.76.